The summed E-state index contributed by atoms with van der Waals surface area (Å²) in [5, 5.41) is 9.81. The molecule has 0 radical (unpaired) electrons. The SMILES string of the molecule is CCN(Cc1cccc(OC)n1)CC(C)(C)O. The standard InChI is InChI=1S/C13H22N2O2/c1-5-15(10-13(2,3)16)9-11-7-6-8-12(14-11)17-4/h6-8,16H,5,9-10H2,1-4H3. The fourth-order valence-corrected chi connectivity index (χ4v) is 1.72. The van der Waals surface area contributed by atoms with E-state index < -0.39 is 5.60 Å². The lowest BCUT2D eigenvalue weighted by atomic mass is 10.1. The highest BCUT2D eigenvalue weighted by molar-refractivity contribution is 5.15. The maximum Gasteiger partial charge on any atom is 0.213 e. The molecule has 0 spiro atoms. The van der Waals surface area contributed by atoms with Crippen LogP contribution in [0.25, 0.3) is 0 Å². The van der Waals surface area contributed by atoms with Gasteiger partial charge in [0.05, 0.1) is 18.4 Å². The summed E-state index contributed by atoms with van der Waals surface area (Å²) >= 11 is 0. The molecule has 1 rings (SSSR count). The van der Waals surface area contributed by atoms with Crippen LogP contribution in [0.3, 0.4) is 0 Å². The Hall–Kier alpha value is -1.13. The highest BCUT2D eigenvalue weighted by Crippen LogP contribution is 2.11. The Balaban J connectivity index is 2.67. The number of nitrogens with zero attached hydrogens (tertiary/aromatic N) is 2. The van der Waals surface area contributed by atoms with Crippen LogP contribution < -0.4 is 4.74 Å². The maximum atomic E-state index is 9.81. The van der Waals surface area contributed by atoms with Crippen molar-refractivity contribution in [2.45, 2.75) is 32.9 Å². The number of aliphatic hydroxyl groups is 1. The predicted molar refractivity (Wildman–Crippen MR) is 68.0 cm³/mol. The molecule has 0 saturated carbocycles. The van der Waals surface area contributed by atoms with Crippen molar-refractivity contribution in [3.8, 4) is 5.88 Å². The first-order chi connectivity index (χ1) is 7.94. The molecule has 0 aromatic carbocycles. The molecule has 1 aromatic heterocycles. The van der Waals surface area contributed by atoms with Gasteiger partial charge in [-0.05, 0) is 26.5 Å². The first-order valence-corrected chi connectivity index (χ1v) is 5.89. The lowest BCUT2D eigenvalue weighted by Crippen LogP contribution is -2.38. The van der Waals surface area contributed by atoms with Gasteiger partial charge in [-0.3, -0.25) is 4.90 Å². The number of hydrogen-bond donors (Lipinski definition) is 1. The Morgan fingerprint density at radius 3 is 2.65 bits per heavy atom. The van der Waals surface area contributed by atoms with E-state index in [0.717, 1.165) is 18.8 Å². The van der Waals surface area contributed by atoms with Crippen molar-refractivity contribution in [1.29, 1.82) is 0 Å². The Bertz CT molecular complexity index is 348. The average Bonchev–Trinajstić information content (AvgIpc) is 2.26. The summed E-state index contributed by atoms with van der Waals surface area (Å²) in [5.74, 6) is 0.627. The molecule has 1 heterocycles. The molecule has 0 bridgehead atoms. The van der Waals surface area contributed by atoms with Gasteiger partial charge in [0.25, 0.3) is 0 Å². The first kappa shape index (κ1) is 13.9. The van der Waals surface area contributed by atoms with Crippen LogP contribution in [0.1, 0.15) is 26.5 Å². The Kier molecular flexibility index (Phi) is 4.90. The molecule has 0 fully saturated rings. The summed E-state index contributed by atoms with van der Waals surface area (Å²) in [7, 11) is 1.61. The largest absolute Gasteiger partial charge is 0.481 e. The van der Waals surface area contributed by atoms with Crippen LogP contribution in [0.5, 0.6) is 5.88 Å². The van der Waals surface area contributed by atoms with Gasteiger partial charge in [0, 0.05) is 19.2 Å². The van der Waals surface area contributed by atoms with E-state index in [1.165, 1.54) is 0 Å². The smallest absolute Gasteiger partial charge is 0.213 e. The number of rotatable bonds is 6. The molecule has 1 N–H and O–H groups in total. The topological polar surface area (TPSA) is 45.6 Å². The van der Waals surface area contributed by atoms with Crippen molar-refractivity contribution < 1.29 is 9.84 Å². The van der Waals surface area contributed by atoms with Crippen molar-refractivity contribution in [2.24, 2.45) is 0 Å². The summed E-state index contributed by atoms with van der Waals surface area (Å²) in [6, 6.07) is 5.73. The lowest BCUT2D eigenvalue weighted by Gasteiger charge is -2.27. The minimum absolute atomic E-state index is 0.627. The monoisotopic (exact) mass is 238 g/mol. The van der Waals surface area contributed by atoms with Crippen LogP contribution in [0.4, 0.5) is 0 Å². The van der Waals surface area contributed by atoms with E-state index in [-0.39, 0.29) is 0 Å². The second-order valence-electron chi connectivity index (χ2n) is 4.79. The molecule has 1 aromatic rings. The Labute approximate surface area is 103 Å². The van der Waals surface area contributed by atoms with E-state index in [1.54, 1.807) is 7.11 Å². The van der Waals surface area contributed by atoms with Gasteiger partial charge >= 0.3 is 0 Å². The number of ether oxygens (including phenoxy) is 1. The number of hydrogen-bond acceptors (Lipinski definition) is 4. The number of aromatic nitrogens is 1. The van der Waals surface area contributed by atoms with Gasteiger partial charge in [0.2, 0.25) is 5.88 Å². The van der Waals surface area contributed by atoms with Gasteiger partial charge in [-0.25, -0.2) is 4.98 Å². The van der Waals surface area contributed by atoms with Crippen LogP contribution in [-0.4, -0.2) is 40.8 Å². The molecule has 4 heteroatoms. The van der Waals surface area contributed by atoms with Crippen LogP contribution in [0.15, 0.2) is 18.2 Å². The fraction of sp³-hybridized carbons (Fsp3) is 0.615. The molecule has 0 aliphatic heterocycles. The van der Waals surface area contributed by atoms with Crippen molar-refractivity contribution in [2.75, 3.05) is 20.2 Å². The third kappa shape index (κ3) is 5.15. The van der Waals surface area contributed by atoms with Gasteiger partial charge in [-0.15, -0.1) is 0 Å². The highest BCUT2D eigenvalue weighted by atomic mass is 16.5. The van der Waals surface area contributed by atoms with Crippen molar-refractivity contribution >= 4 is 0 Å². The van der Waals surface area contributed by atoms with Crippen LogP contribution in [0, 0.1) is 0 Å². The van der Waals surface area contributed by atoms with Crippen molar-refractivity contribution in [1.82, 2.24) is 9.88 Å². The summed E-state index contributed by atoms with van der Waals surface area (Å²) in [4.78, 5) is 6.52. The quantitative estimate of drug-likeness (QED) is 0.819. The fourth-order valence-electron chi connectivity index (χ4n) is 1.72. The second kappa shape index (κ2) is 5.98. The van der Waals surface area contributed by atoms with Gasteiger partial charge in [-0.2, -0.15) is 0 Å². The average molecular weight is 238 g/mol. The Morgan fingerprint density at radius 2 is 2.12 bits per heavy atom. The van der Waals surface area contributed by atoms with Gasteiger partial charge in [-0.1, -0.05) is 13.0 Å². The van der Waals surface area contributed by atoms with Gasteiger partial charge < -0.3 is 9.84 Å². The molecule has 0 aliphatic carbocycles. The van der Waals surface area contributed by atoms with E-state index in [2.05, 4.69) is 16.8 Å². The van der Waals surface area contributed by atoms with E-state index >= 15 is 0 Å². The number of methoxy groups -OCH3 is 1. The Morgan fingerprint density at radius 1 is 1.41 bits per heavy atom. The molecule has 17 heavy (non-hydrogen) atoms. The third-order valence-corrected chi connectivity index (χ3v) is 2.43. The molecule has 4 nitrogen and oxygen atoms in total. The highest BCUT2D eigenvalue weighted by Gasteiger charge is 2.17. The van der Waals surface area contributed by atoms with E-state index in [9.17, 15) is 5.11 Å². The van der Waals surface area contributed by atoms with Crippen LogP contribution in [0.2, 0.25) is 0 Å². The lowest BCUT2D eigenvalue weighted by molar-refractivity contribution is 0.0349. The minimum Gasteiger partial charge on any atom is -0.481 e. The first-order valence-electron chi connectivity index (χ1n) is 5.89. The zero-order chi connectivity index (χ0) is 12.9. The molecule has 0 amide bonds. The molecule has 96 valence electrons. The summed E-state index contributed by atoms with van der Waals surface area (Å²) in [6.07, 6.45) is 0. The summed E-state index contributed by atoms with van der Waals surface area (Å²) < 4.78 is 5.09. The molecule has 0 atom stereocenters. The van der Waals surface area contributed by atoms with E-state index in [0.29, 0.717) is 12.4 Å². The minimum atomic E-state index is -0.686. The third-order valence-electron chi connectivity index (χ3n) is 2.43. The van der Waals surface area contributed by atoms with Crippen molar-refractivity contribution in [3.05, 3.63) is 23.9 Å². The molecule has 0 aliphatic rings. The molecule has 0 unspecified atom stereocenters. The number of pyridine rings is 1. The predicted octanol–water partition coefficient (Wildman–Crippen LogP) is 1.68. The van der Waals surface area contributed by atoms with Gasteiger partial charge in [0.15, 0.2) is 0 Å². The molecule has 0 saturated heterocycles. The van der Waals surface area contributed by atoms with Crippen LogP contribution >= 0.6 is 0 Å². The summed E-state index contributed by atoms with van der Waals surface area (Å²) in [5.41, 5.74) is 0.268. The van der Waals surface area contributed by atoms with Crippen molar-refractivity contribution in [3.63, 3.8) is 0 Å². The zero-order valence-electron chi connectivity index (χ0n) is 11.1. The van der Waals surface area contributed by atoms with E-state index in [1.807, 2.05) is 32.0 Å². The summed E-state index contributed by atoms with van der Waals surface area (Å²) in [6.45, 7) is 7.93. The molecular weight excluding hydrogens is 216 g/mol. The molecular formula is C13H22N2O2. The van der Waals surface area contributed by atoms with Crippen LogP contribution in [-0.2, 0) is 6.54 Å². The number of likely N-dealkylation sites (N-methyl/N-ethyl adjacent to an activating group) is 1. The normalized spacial score (nSPS) is 11.9. The maximum absolute atomic E-state index is 9.81. The second-order valence-corrected chi connectivity index (χ2v) is 4.79. The zero-order valence-corrected chi connectivity index (χ0v) is 11.1. The van der Waals surface area contributed by atoms with E-state index in [4.69, 9.17) is 4.74 Å². The van der Waals surface area contributed by atoms with Gasteiger partial charge in [0.1, 0.15) is 0 Å².